The fraction of sp³-hybridized carbons (Fsp3) is 0.160. The molecule has 0 heterocycles. The van der Waals surface area contributed by atoms with Gasteiger partial charge in [-0.2, -0.15) is 0 Å². The molecule has 0 unspecified atom stereocenters. The highest BCUT2D eigenvalue weighted by Crippen LogP contribution is 2.22. The van der Waals surface area contributed by atoms with Crippen LogP contribution in [0.15, 0.2) is 72.8 Å². The van der Waals surface area contributed by atoms with E-state index in [0.717, 1.165) is 18.4 Å². The minimum atomic E-state index is -0.498. The molecule has 0 bridgehead atoms. The van der Waals surface area contributed by atoms with Crippen molar-refractivity contribution in [1.29, 1.82) is 0 Å². The quantitative estimate of drug-likeness (QED) is 0.510. The number of amides is 3. The number of benzene rings is 3. The summed E-state index contributed by atoms with van der Waals surface area (Å²) in [4.78, 5) is 35.6. The van der Waals surface area contributed by atoms with Gasteiger partial charge in [0.2, 0.25) is 5.91 Å². The van der Waals surface area contributed by atoms with Crippen molar-refractivity contribution in [3.05, 3.63) is 95.1 Å². The van der Waals surface area contributed by atoms with Gasteiger partial charge in [-0.05, 0) is 79.1 Å². The Hall–Kier alpha value is -4.13. The van der Waals surface area contributed by atoms with Crippen LogP contribution in [0.5, 0.6) is 11.5 Å². The molecule has 0 radical (unpaired) electrons. The van der Waals surface area contributed by atoms with Crippen LogP contribution in [0.2, 0.25) is 0 Å². The first-order chi connectivity index (χ1) is 15.5. The molecule has 3 aromatic carbocycles. The lowest BCUT2D eigenvalue weighted by Gasteiger charge is -2.09. The Morgan fingerprint density at radius 3 is 1.78 bits per heavy atom. The summed E-state index contributed by atoms with van der Waals surface area (Å²) < 4.78 is 5.72. The molecule has 0 atom stereocenters. The number of rotatable bonds is 8. The Bertz CT molecular complexity index is 1120. The summed E-state index contributed by atoms with van der Waals surface area (Å²) in [5, 5.41) is 5.82. The number of ether oxygens (including phenoxy) is 1. The summed E-state index contributed by atoms with van der Waals surface area (Å²) >= 11 is 0. The molecule has 7 nitrogen and oxygen atoms in total. The average molecular weight is 429 g/mol. The van der Waals surface area contributed by atoms with Crippen molar-refractivity contribution in [1.82, 2.24) is 10.6 Å². The van der Waals surface area contributed by atoms with Crippen LogP contribution < -0.4 is 21.1 Å². The molecule has 4 N–H and O–H groups in total. The Labute approximate surface area is 185 Å². The van der Waals surface area contributed by atoms with E-state index in [9.17, 15) is 14.4 Å². The summed E-state index contributed by atoms with van der Waals surface area (Å²) in [5.74, 6) is 0.351. The minimum Gasteiger partial charge on any atom is -0.457 e. The Kier molecular flexibility index (Phi) is 6.17. The van der Waals surface area contributed by atoms with Gasteiger partial charge in [0.05, 0.1) is 0 Å². The zero-order chi connectivity index (χ0) is 22.5. The van der Waals surface area contributed by atoms with Gasteiger partial charge in [-0.3, -0.25) is 14.4 Å². The van der Waals surface area contributed by atoms with E-state index in [0.29, 0.717) is 40.8 Å². The second-order valence-electron chi connectivity index (χ2n) is 7.64. The van der Waals surface area contributed by atoms with Crippen molar-refractivity contribution < 1.29 is 19.1 Å². The van der Waals surface area contributed by atoms with E-state index in [-0.39, 0.29) is 11.8 Å². The third kappa shape index (κ3) is 5.51. The van der Waals surface area contributed by atoms with Crippen LogP contribution in [0, 0.1) is 0 Å². The zero-order valence-corrected chi connectivity index (χ0v) is 17.3. The predicted molar refractivity (Wildman–Crippen MR) is 120 cm³/mol. The molecular weight excluding hydrogens is 406 g/mol. The Balaban J connectivity index is 1.28. The molecule has 1 aliphatic rings. The van der Waals surface area contributed by atoms with Crippen molar-refractivity contribution >= 4 is 17.7 Å². The lowest BCUT2D eigenvalue weighted by atomic mass is 10.1. The predicted octanol–water partition coefficient (Wildman–Crippen LogP) is 3.40. The standard InChI is InChI=1S/C25H23N3O4/c26-23(29)17-5-11-21(12-6-17)32-22-13-7-18(8-14-22)24(30)27-15-16-1-3-19(4-2-16)25(31)28-20-9-10-20/h1-8,11-14,20H,9-10,15H2,(H2,26,29)(H,27,30)(H,28,31). The number of primary amides is 1. The number of nitrogens with two attached hydrogens (primary N) is 1. The first-order valence-electron chi connectivity index (χ1n) is 10.3. The summed E-state index contributed by atoms with van der Waals surface area (Å²) in [5.41, 5.74) is 7.65. The van der Waals surface area contributed by atoms with E-state index in [1.807, 2.05) is 12.1 Å². The van der Waals surface area contributed by atoms with Gasteiger partial charge in [0.1, 0.15) is 11.5 Å². The third-order valence-corrected chi connectivity index (χ3v) is 5.07. The summed E-state index contributed by atoms with van der Waals surface area (Å²) in [6.45, 7) is 0.355. The normalized spacial score (nSPS) is 12.6. The van der Waals surface area contributed by atoms with Crippen LogP contribution in [-0.4, -0.2) is 23.8 Å². The monoisotopic (exact) mass is 429 g/mol. The van der Waals surface area contributed by atoms with E-state index in [2.05, 4.69) is 10.6 Å². The SMILES string of the molecule is NC(=O)c1ccc(Oc2ccc(C(=O)NCc3ccc(C(=O)NC4CC4)cc3)cc2)cc1. The molecule has 0 aliphatic heterocycles. The van der Waals surface area contributed by atoms with Gasteiger partial charge < -0.3 is 21.1 Å². The first kappa shape index (κ1) is 21.1. The van der Waals surface area contributed by atoms with Crippen molar-refractivity contribution in [2.24, 2.45) is 5.73 Å². The van der Waals surface area contributed by atoms with Gasteiger partial charge in [0.25, 0.3) is 11.8 Å². The average Bonchev–Trinajstić information content (AvgIpc) is 3.62. The summed E-state index contributed by atoms with van der Waals surface area (Å²) in [7, 11) is 0. The summed E-state index contributed by atoms with van der Waals surface area (Å²) in [6.07, 6.45) is 2.10. The molecule has 4 rings (SSSR count). The molecule has 162 valence electrons. The molecule has 0 spiro atoms. The molecular formula is C25H23N3O4. The number of hydrogen-bond donors (Lipinski definition) is 3. The fourth-order valence-corrected chi connectivity index (χ4v) is 3.05. The van der Waals surface area contributed by atoms with E-state index >= 15 is 0 Å². The highest BCUT2D eigenvalue weighted by molar-refractivity contribution is 5.95. The highest BCUT2D eigenvalue weighted by Gasteiger charge is 2.23. The maximum atomic E-state index is 12.4. The highest BCUT2D eigenvalue weighted by atomic mass is 16.5. The number of carbonyl (C=O) groups is 3. The number of nitrogens with one attached hydrogen (secondary N) is 2. The second-order valence-corrected chi connectivity index (χ2v) is 7.64. The van der Waals surface area contributed by atoms with Crippen LogP contribution in [0.25, 0.3) is 0 Å². The maximum absolute atomic E-state index is 12.4. The molecule has 3 aromatic rings. The fourth-order valence-electron chi connectivity index (χ4n) is 3.05. The van der Waals surface area contributed by atoms with Crippen molar-refractivity contribution in [2.75, 3.05) is 0 Å². The van der Waals surface area contributed by atoms with Crippen molar-refractivity contribution in [3.8, 4) is 11.5 Å². The van der Waals surface area contributed by atoms with Crippen LogP contribution in [0.1, 0.15) is 49.5 Å². The van der Waals surface area contributed by atoms with Gasteiger partial charge in [-0.1, -0.05) is 12.1 Å². The topological polar surface area (TPSA) is 111 Å². The number of hydrogen-bond acceptors (Lipinski definition) is 4. The smallest absolute Gasteiger partial charge is 0.251 e. The van der Waals surface area contributed by atoms with Crippen molar-refractivity contribution in [2.45, 2.75) is 25.4 Å². The van der Waals surface area contributed by atoms with Gasteiger partial charge in [0, 0.05) is 29.3 Å². The largest absolute Gasteiger partial charge is 0.457 e. The van der Waals surface area contributed by atoms with Gasteiger partial charge >= 0.3 is 0 Å². The second kappa shape index (κ2) is 9.34. The third-order valence-electron chi connectivity index (χ3n) is 5.07. The molecule has 7 heteroatoms. The van der Waals surface area contributed by atoms with Gasteiger partial charge in [-0.15, -0.1) is 0 Å². The zero-order valence-electron chi connectivity index (χ0n) is 17.3. The molecule has 3 amide bonds. The molecule has 1 fully saturated rings. The van der Waals surface area contributed by atoms with E-state index in [1.54, 1.807) is 60.7 Å². The minimum absolute atomic E-state index is 0.0609. The maximum Gasteiger partial charge on any atom is 0.251 e. The molecule has 1 aliphatic carbocycles. The van der Waals surface area contributed by atoms with Crippen LogP contribution in [0.4, 0.5) is 0 Å². The lowest BCUT2D eigenvalue weighted by Crippen LogP contribution is -2.25. The van der Waals surface area contributed by atoms with E-state index in [4.69, 9.17) is 10.5 Å². The Morgan fingerprint density at radius 1 is 0.750 bits per heavy atom. The first-order valence-corrected chi connectivity index (χ1v) is 10.3. The van der Waals surface area contributed by atoms with E-state index < -0.39 is 5.91 Å². The van der Waals surface area contributed by atoms with Crippen LogP contribution in [-0.2, 0) is 6.54 Å². The molecule has 32 heavy (non-hydrogen) atoms. The lowest BCUT2D eigenvalue weighted by molar-refractivity contribution is 0.0941. The summed E-state index contributed by atoms with van der Waals surface area (Å²) in [6, 6.07) is 20.8. The van der Waals surface area contributed by atoms with Crippen LogP contribution in [0.3, 0.4) is 0 Å². The van der Waals surface area contributed by atoms with Crippen LogP contribution >= 0.6 is 0 Å². The van der Waals surface area contributed by atoms with Crippen molar-refractivity contribution in [3.63, 3.8) is 0 Å². The molecule has 1 saturated carbocycles. The van der Waals surface area contributed by atoms with Gasteiger partial charge in [0.15, 0.2) is 0 Å². The molecule has 0 aromatic heterocycles. The van der Waals surface area contributed by atoms with E-state index in [1.165, 1.54) is 0 Å². The molecule has 0 saturated heterocycles. The van der Waals surface area contributed by atoms with Gasteiger partial charge in [-0.25, -0.2) is 0 Å². The number of carbonyl (C=O) groups excluding carboxylic acids is 3. The Morgan fingerprint density at radius 2 is 1.25 bits per heavy atom.